The second-order valence-corrected chi connectivity index (χ2v) is 6.23. The van der Waals surface area contributed by atoms with E-state index in [9.17, 15) is 9.59 Å². The molecule has 0 spiro atoms. The second-order valence-electron chi connectivity index (χ2n) is 5.83. The molecule has 7 heteroatoms. The Morgan fingerprint density at radius 1 is 1.17 bits per heavy atom. The lowest BCUT2D eigenvalue weighted by Crippen LogP contribution is -2.51. The topological polar surface area (TPSA) is 75.9 Å². The molecule has 2 amide bonds. The van der Waals surface area contributed by atoms with Crippen LogP contribution in [0.5, 0.6) is 0 Å². The van der Waals surface area contributed by atoms with Crippen LogP contribution in [0.15, 0.2) is 24.3 Å². The SMILES string of the molecule is COC(CN)CC(=O)N1CCN(C(=O)Cc2ccccc2Cl)CC1. The Morgan fingerprint density at radius 3 is 2.29 bits per heavy atom. The van der Waals surface area contributed by atoms with Crippen LogP contribution in [0.25, 0.3) is 0 Å². The molecule has 2 N–H and O–H groups in total. The van der Waals surface area contributed by atoms with Crippen molar-refractivity contribution in [1.82, 2.24) is 9.80 Å². The van der Waals surface area contributed by atoms with Gasteiger partial charge >= 0.3 is 0 Å². The molecule has 24 heavy (non-hydrogen) atoms. The van der Waals surface area contributed by atoms with E-state index in [0.717, 1.165) is 5.56 Å². The third kappa shape index (κ3) is 4.93. The van der Waals surface area contributed by atoms with Gasteiger partial charge in [-0.1, -0.05) is 29.8 Å². The van der Waals surface area contributed by atoms with Crippen LogP contribution in [-0.2, 0) is 20.7 Å². The third-order valence-electron chi connectivity index (χ3n) is 4.28. The van der Waals surface area contributed by atoms with E-state index in [1.165, 1.54) is 0 Å². The summed E-state index contributed by atoms with van der Waals surface area (Å²) in [5.41, 5.74) is 6.38. The normalized spacial score (nSPS) is 16.1. The third-order valence-corrected chi connectivity index (χ3v) is 4.65. The number of benzene rings is 1. The summed E-state index contributed by atoms with van der Waals surface area (Å²) in [6, 6.07) is 7.35. The van der Waals surface area contributed by atoms with Gasteiger partial charge in [-0.25, -0.2) is 0 Å². The number of nitrogens with zero attached hydrogens (tertiary/aromatic N) is 2. The van der Waals surface area contributed by atoms with Crippen molar-refractivity contribution in [3.8, 4) is 0 Å². The summed E-state index contributed by atoms with van der Waals surface area (Å²) in [6.45, 7) is 2.46. The summed E-state index contributed by atoms with van der Waals surface area (Å²) in [5.74, 6) is 0.0532. The zero-order valence-electron chi connectivity index (χ0n) is 13.9. The predicted molar refractivity (Wildman–Crippen MR) is 92.8 cm³/mol. The van der Waals surface area contributed by atoms with Gasteiger partial charge in [-0.2, -0.15) is 0 Å². The van der Waals surface area contributed by atoms with Crippen LogP contribution in [0.3, 0.4) is 0 Å². The minimum Gasteiger partial charge on any atom is -0.380 e. The maximum Gasteiger partial charge on any atom is 0.227 e. The van der Waals surface area contributed by atoms with Crippen LogP contribution in [0.2, 0.25) is 5.02 Å². The number of ether oxygens (including phenoxy) is 1. The summed E-state index contributed by atoms with van der Waals surface area (Å²) in [6.07, 6.45) is 0.310. The first-order valence-corrected chi connectivity index (χ1v) is 8.44. The number of carbonyl (C=O) groups is 2. The number of carbonyl (C=O) groups excluding carboxylic acids is 2. The molecule has 1 saturated heterocycles. The second kappa shape index (κ2) is 9.01. The van der Waals surface area contributed by atoms with Crippen LogP contribution in [0, 0.1) is 0 Å². The lowest BCUT2D eigenvalue weighted by molar-refractivity contribution is -0.140. The van der Waals surface area contributed by atoms with Crippen LogP contribution >= 0.6 is 11.6 Å². The highest BCUT2D eigenvalue weighted by Crippen LogP contribution is 2.17. The molecule has 1 aromatic rings. The summed E-state index contributed by atoms with van der Waals surface area (Å²) >= 11 is 6.10. The molecule has 1 atom stereocenters. The molecule has 1 fully saturated rings. The maximum atomic E-state index is 12.4. The first-order valence-electron chi connectivity index (χ1n) is 8.07. The number of rotatable bonds is 6. The average Bonchev–Trinajstić information content (AvgIpc) is 2.61. The van der Waals surface area contributed by atoms with Gasteiger partial charge in [-0.3, -0.25) is 9.59 Å². The molecule has 132 valence electrons. The Hall–Kier alpha value is -1.63. The van der Waals surface area contributed by atoms with E-state index in [4.69, 9.17) is 22.1 Å². The van der Waals surface area contributed by atoms with E-state index >= 15 is 0 Å². The Kier molecular flexibility index (Phi) is 7.02. The van der Waals surface area contributed by atoms with Gasteiger partial charge in [0.05, 0.1) is 18.9 Å². The molecule has 0 aliphatic carbocycles. The molecule has 0 bridgehead atoms. The van der Waals surface area contributed by atoms with E-state index in [2.05, 4.69) is 0 Å². The Morgan fingerprint density at radius 2 is 1.75 bits per heavy atom. The molecule has 2 rings (SSSR count). The summed E-state index contributed by atoms with van der Waals surface area (Å²) in [5, 5.41) is 0.604. The van der Waals surface area contributed by atoms with Crippen molar-refractivity contribution in [3.05, 3.63) is 34.9 Å². The maximum absolute atomic E-state index is 12.4. The fourth-order valence-electron chi connectivity index (χ4n) is 2.71. The van der Waals surface area contributed by atoms with E-state index in [1.807, 2.05) is 18.2 Å². The molecular weight excluding hydrogens is 330 g/mol. The Bertz CT molecular complexity index is 570. The van der Waals surface area contributed by atoms with Gasteiger partial charge in [-0.05, 0) is 11.6 Å². The smallest absolute Gasteiger partial charge is 0.227 e. The number of nitrogens with two attached hydrogens (primary N) is 1. The highest BCUT2D eigenvalue weighted by molar-refractivity contribution is 6.31. The van der Waals surface area contributed by atoms with Crippen molar-refractivity contribution in [2.45, 2.75) is 18.9 Å². The van der Waals surface area contributed by atoms with Crippen molar-refractivity contribution in [2.75, 3.05) is 39.8 Å². The van der Waals surface area contributed by atoms with Gasteiger partial charge in [0.2, 0.25) is 11.8 Å². The molecular formula is C17H24ClN3O3. The van der Waals surface area contributed by atoms with Crippen LogP contribution in [0.4, 0.5) is 0 Å². The Labute approximate surface area is 147 Å². The van der Waals surface area contributed by atoms with Crippen molar-refractivity contribution < 1.29 is 14.3 Å². The zero-order valence-corrected chi connectivity index (χ0v) is 14.7. The molecule has 1 aliphatic rings. The predicted octanol–water partition coefficient (Wildman–Crippen LogP) is 0.917. The standard InChI is InChI=1S/C17H24ClN3O3/c1-24-14(12-19)11-17(23)21-8-6-20(7-9-21)16(22)10-13-4-2-3-5-15(13)18/h2-5,14H,6-12,19H2,1H3. The minimum absolute atomic E-state index is 0.0190. The molecule has 6 nitrogen and oxygen atoms in total. The molecule has 0 radical (unpaired) electrons. The van der Waals surface area contributed by atoms with Gasteiger partial charge in [0.1, 0.15) is 0 Å². The van der Waals surface area contributed by atoms with Gasteiger partial charge < -0.3 is 20.3 Å². The Balaban J connectivity index is 1.83. The number of halogens is 1. The number of amides is 2. The van der Waals surface area contributed by atoms with Crippen molar-refractivity contribution in [1.29, 1.82) is 0 Å². The largest absolute Gasteiger partial charge is 0.380 e. The number of methoxy groups -OCH3 is 1. The van der Waals surface area contributed by atoms with Crippen LogP contribution in [0.1, 0.15) is 12.0 Å². The zero-order chi connectivity index (χ0) is 17.5. The van der Waals surface area contributed by atoms with Crippen molar-refractivity contribution in [3.63, 3.8) is 0 Å². The van der Waals surface area contributed by atoms with Crippen molar-refractivity contribution in [2.24, 2.45) is 5.73 Å². The van der Waals surface area contributed by atoms with E-state index in [-0.39, 0.29) is 30.8 Å². The summed E-state index contributed by atoms with van der Waals surface area (Å²) < 4.78 is 5.15. The fraction of sp³-hybridized carbons (Fsp3) is 0.529. The molecule has 0 saturated carbocycles. The van der Waals surface area contributed by atoms with E-state index in [0.29, 0.717) is 37.7 Å². The molecule has 1 heterocycles. The highest BCUT2D eigenvalue weighted by atomic mass is 35.5. The van der Waals surface area contributed by atoms with E-state index in [1.54, 1.807) is 23.0 Å². The lowest BCUT2D eigenvalue weighted by atomic mass is 10.1. The number of piperazine rings is 1. The minimum atomic E-state index is -0.252. The highest BCUT2D eigenvalue weighted by Gasteiger charge is 2.25. The van der Waals surface area contributed by atoms with Gasteiger partial charge in [0.25, 0.3) is 0 Å². The van der Waals surface area contributed by atoms with Crippen LogP contribution in [-0.4, -0.2) is 67.6 Å². The average molecular weight is 354 g/mol. The first kappa shape index (κ1) is 18.7. The van der Waals surface area contributed by atoms with Gasteiger partial charge in [0, 0.05) is 44.9 Å². The summed E-state index contributed by atoms with van der Waals surface area (Å²) in [7, 11) is 1.55. The number of hydrogen-bond acceptors (Lipinski definition) is 4. The number of hydrogen-bond donors (Lipinski definition) is 1. The van der Waals surface area contributed by atoms with E-state index < -0.39 is 0 Å². The lowest BCUT2D eigenvalue weighted by Gasteiger charge is -2.35. The monoisotopic (exact) mass is 353 g/mol. The van der Waals surface area contributed by atoms with Crippen molar-refractivity contribution >= 4 is 23.4 Å². The van der Waals surface area contributed by atoms with Gasteiger partial charge in [0.15, 0.2) is 0 Å². The quantitative estimate of drug-likeness (QED) is 0.825. The van der Waals surface area contributed by atoms with Gasteiger partial charge in [-0.15, -0.1) is 0 Å². The molecule has 1 unspecified atom stereocenters. The summed E-state index contributed by atoms with van der Waals surface area (Å²) in [4.78, 5) is 28.1. The molecule has 0 aromatic heterocycles. The molecule has 1 aromatic carbocycles. The first-order chi connectivity index (χ1) is 11.5. The molecule has 1 aliphatic heterocycles. The fourth-order valence-corrected chi connectivity index (χ4v) is 2.91. The van der Waals surface area contributed by atoms with Crippen LogP contribution < -0.4 is 5.73 Å².